The Labute approximate surface area is 156 Å². The van der Waals surface area contributed by atoms with Crippen molar-refractivity contribution >= 4 is 21.6 Å². The molecular formula is C18H18N2O6S. The SMILES string of the molecule is CNC(=O)C1CN(S(=O)(=O)c2ccc3c(c2)OCCO3)c2ccccc2O1. The molecule has 1 unspecified atom stereocenters. The van der Waals surface area contributed by atoms with Crippen molar-refractivity contribution in [1.29, 1.82) is 0 Å². The Hall–Kier alpha value is -2.94. The van der Waals surface area contributed by atoms with Crippen molar-refractivity contribution in [2.45, 2.75) is 11.0 Å². The third-order valence-electron chi connectivity index (χ3n) is 4.38. The van der Waals surface area contributed by atoms with E-state index in [1.54, 1.807) is 30.3 Å². The monoisotopic (exact) mass is 390 g/mol. The normalized spacial score (nSPS) is 18.3. The second-order valence-corrected chi connectivity index (χ2v) is 7.89. The number of para-hydroxylation sites is 2. The second-order valence-electron chi connectivity index (χ2n) is 6.03. The van der Waals surface area contributed by atoms with E-state index in [-0.39, 0.29) is 11.4 Å². The Kier molecular flexibility index (Phi) is 4.31. The van der Waals surface area contributed by atoms with Crippen LogP contribution in [-0.4, -0.2) is 47.2 Å². The summed E-state index contributed by atoms with van der Waals surface area (Å²) < 4.78 is 44.5. The van der Waals surface area contributed by atoms with Crippen molar-refractivity contribution in [1.82, 2.24) is 5.32 Å². The Balaban J connectivity index is 1.77. The molecule has 0 fully saturated rings. The molecule has 142 valence electrons. The number of fused-ring (bicyclic) bond motifs is 2. The van der Waals surface area contributed by atoms with Crippen molar-refractivity contribution in [3.63, 3.8) is 0 Å². The van der Waals surface area contributed by atoms with E-state index in [0.29, 0.717) is 36.1 Å². The molecule has 27 heavy (non-hydrogen) atoms. The maximum absolute atomic E-state index is 13.3. The van der Waals surface area contributed by atoms with Crippen LogP contribution in [0.4, 0.5) is 5.69 Å². The number of anilines is 1. The van der Waals surface area contributed by atoms with Crippen LogP contribution in [0.5, 0.6) is 17.2 Å². The fraction of sp³-hybridized carbons (Fsp3) is 0.278. The molecule has 1 amide bonds. The van der Waals surface area contributed by atoms with Gasteiger partial charge in [-0.3, -0.25) is 9.10 Å². The highest BCUT2D eigenvalue weighted by Gasteiger charge is 2.37. The highest BCUT2D eigenvalue weighted by molar-refractivity contribution is 7.92. The maximum atomic E-state index is 13.3. The second kappa shape index (κ2) is 6.66. The van der Waals surface area contributed by atoms with Gasteiger partial charge in [0.2, 0.25) is 0 Å². The standard InChI is InChI=1S/C18H18N2O6S/c1-19-18(21)17-11-20(13-4-2-3-5-14(13)26-17)27(22,23)12-6-7-15-16(10-12)25-9-8-24-15/h2-7,10,17H,8-9,11H2,1H3,(H,19,21). The number of nitrogens with zero attached hydrogens (tertiary/aromatic N) is 1. The predicted octanol–water partition coefficient (Wildman–Crippen LogP) is 1.16. The van der Waals surface area contributed by atoms with Gasteiger partial charge in [0.1, 0.15) is 19.0 Å². The molecule has 8 nitrogen and oxygen atoms in total. The van der Waals surface area contributed by atoms with E-state index in [1.165, 1.54) is 23.5 Å². The lowest BCUT2D eigenvalue weighted by Gasteiger charge is -2.34. The molecule has 0 radical (unpaired) electrons. The molecule has 2 aliphatic heterocycles. The van der Waals surface area contributed by atoms with Crippen molar-refractivity contribution in [3.05, 3.63) is 42.5 Å². The van der Waals surface area contributed by atoms with Crippen LogP contribution >= 0.6 is 0 Å². The van der Waals surface area contributed by atoms with Crippen molar-refractivity contribution in [2.24, 2.45) is 0 Å². The quantitative estimate of drug-likeness (QED) is 0.845. The minimum absolute atomic E-state index is 0.0547. The van der Waals surface area contributed by atoms with E-state index in [0.717, 1.165) is 0 Å². The molecule has 0 spiro atoms. The van der Waals surface area contributed by atoms with Gasteiger partial charge in [-0.1, -0.05) is 12.1 Å². The molecule has 0 bridgehead atoms. The van der Waals surface area contributed by atoms with Gasteiger partial charge in [-0.15, -0.1) is 0 Å². The van der Waals surface area contributed by atoms with Gasteiger partial charge in [-0.25, -0.2) is 8.42 Å². The van der Waals surface area contributed by atoms with Crippen LogP contribution in [-0.2, 0) is 14.8 Å². The van der Waals surface area contributed by atoms with E-state index in [4.69, 9.17) is 14.2 Å². The third kappa shape index (κ3) is 3.03. The molecule has 0 saturated carbocycles. The number of nitrogens with one attached hydrogen (secondary N) is 1. The van der Waals surface area contributed by atoms with Gasteiger partial charge in [0.25, 0.3) is 15.9 Å². The van der Waals surface area contributed by atoms with E-state index >= 15 is 0 Å². The molecule has 2 heterocycles. The summed E-state index contributed by atoms with van der Waals surface area (Å²) in [6, 6.07) is 11.2. The maximum Gasteiger partial charge on any atom is 0.264 e. The third-order valence-corrected chi connectivity index (χ3v) is 6.15. The highest BCUT2D eigenvalue weighted by atomic mass is 32.2. The minimum atomic E-state index is -3.95. The first-order chi connectivity index (χ1) is 13.0. The fourth-order valence-electron chi connectivity index (χ4n) is 3.04. The van der Waals surface area contributed by atoms with Crippen LogP contribution in [0, 0.1) is 0 Å². The number of sulfonamides is 1. The van der Waals surface area contributed by atoms with E-state index in [9.17, 15) is 13.2 Å². The highest BCUT2D eigenvalue weighted by Crippen LogP contribution is 2.39. The lowest BCUT2D eigenvalue weighted by Crippen LogP contribution is -2.50. The molecule has 0 saturated heterocycles. The first-order valence-electron chi connectivity index (χ1n) is 8.40. The summed E-state index contributed by atoms with van der Waals surface area (Å²) in [6.45, 7) is 0.646. The van der Waals surface area contributed by atoms with Crippen LogP contribution in [0.15, 0.2) is 47.4 Å². The lowest BCUT2D eigenvalue weighted by atomic mass is 10.2. The molecule has 2 aromatic rings. The summed E-state index contributed by atoms with van der Waals surface area (Å²) >= 11 is 0. The van der Waals surface area contributed by atoms with E-state index in [1.807, 2.05) is 0 Å². The van der Waals surface area contributed by atoms with Gasteiger partial charge in [0, 0.05) is 13.1 Å². The van der Waals surface area contributed by atoms with Crippen LogP contribution in [0.2, 0.25) is 0 Å². The Morgan fingerprint density at radius 1 is 1.07 bits per heavy atom. The van der Waals surface area contributed by atoms with Crippen molar-refractivity contribution in [2.75, 3.05) is 31.1 Å². The van der Waals surface area contributed by atoms with Gasteiger partial charge < -0.3 is 19.5 Å². The smallest absolute Gasteiger partial charge is 0.264 e. The number of rotatable bonds is 3. The number of hydrogen-bond donors (Lipinski definition) is 1. The first-order valence-corrected chi connectivity index (χ1v) is 9.84. The number of carbonyl (C=O) groups is 1. The molecule has 0 aromatic heterocycles. The zero-order valence-corrected chi connectivity index (χ0v) is 15.4. The number of amides is 1. The van der Waals surface area contributed by atoms with E-state index in [2.05, 4.69) is 5.32 Å². The molecule has 4 rings (SSSR count). The van der Waals surface area contributed by atoms with Crippen molar-refractivity contribution in [3.8, 4) is 17.2 Å². The molecular weight excluding hydrogens is 372 g/mol. The zero-order chi connectivity index (χ0) is 19.0. The summed E-state index contributed by atoms with van der Waals surface area (Å²) in [5, 5.41) is 2.50. The van der Waals surface area contributed by atoms with Crippen LogP contribution in [0.3, 0.4) is 0 Å². The lowest BCUT2D eigenvalue weighted by molar-refractivity contribution is -0.127. The van der Waals surface area contributed by atoms with Gasteiger partial charge in [-0.05, 0) is 24.3 Å². The Morgan fingerprint density at radius 2 is 1.81 bits per heavy atom. The molecule has 1 N–H and O–H groups in total. The van der Waals surface area contributed by atoms with Gasteiger partial charge in [-0.2, -0.15) is 0 Å². The fourth-order valence-corrected chi connectivity index (χ4v) is 4.53. The van der Waals surface area contributed by atoms with E-state index < -0.39 is 22.0 Å². The molecule has 2 aliphatic rings. The number of hydrogen-bond acceptors (Lipinski definition) is 6. The number of likely N-dealkylation sites (N-methyl/N-ethyl adjacent to an activating group) is 1. The van der Waals surface area contributed by atoms with Crippen LogP contribution in [0.25, 0.3) is 0 Å². The average molecular weight is 390 g/mol. The number of ether oxygens (including phenoxy) is 3. The molecule has 2 aromatic carbocycles. The average Bonchev–Trinajstić information content (AvgIpc) is 2.71. The summed E-state index contributed by atoms with van der Waals surface area (Å²) in [6.07, 6.45) is -0.947. The first kappa shape index (κ1) is 17.5. The summed E-state index contributed by atoms with van der Waals surface area (Å²) in [5.74, 6) is 0.822. The molecule has 1 atom stereocenters. The van der Waals surface area contributed by atoms with Gasteiger partial charge >= 0.3 is 0 Å². The topological polar surface area (TPSA) is 94.2 Å². The zero-order valence-electron chi connectivity index (χ0n) is 14.5. The molecule has 9 heteroatoms. The number of benzene rings is 2. The largest absolute Gasteiger partial charge is 0.486 e. The predicted molar refractivity (Wildman–Crippen MR) is 96.9 cm³/mol. The summed E-state index contributed by atoms with van der Waals surface area (Å²) in [5.41, 5.74) is 0.382. The van der Waals surface area contributed by atoms with Gasteiger partial charge in [0.05, 0.1) is 17.1 Å². The Morgan fingerprint density at radius 3 is 2.59 bits per heavy atom. The van der Waals surface area contributed by atoms with Crippen LogP contribution < -0.4 is 23.8 Å². The van der Waals surface area contributed by atoms with Crippen LogP contribution in [0.1, 0.15) is 0 Å². The van der Waals surface area contributed by atoms with Crippen molar-refractivity contribution < 1.29 is 27.4 Å². The summed E-state index contributed by atoms with van der Waals surface area (Å²) in [7, 11) is -2.47. The van der Waals surface area contributed by atoms with Gasteiger partial charge in [0.15, 0.2) is 17.6 Å². The Bertz CT molecular complexity index is 991. The minimum Gasteiger partial charge on any atom is -0.486 e. The molecule has 0 aliphatic carbocycles. The number of carbonyl (C=O) groups excluding carboxylic acids is 1. The summed E-state index contributed by atoms with van der Waals surface area (Å²) in [4.78, 5) is 12.1.